The van der Waals surface area contributed by atoms with Gasteiger partial charge in [0.15, 0.2) is 0 Å². The van der Waals surface area contributed by atoms with Gasteiger partial charge in [-0.1, -0.05) is 23.7 Å². The van der Waals surface area contributed by atoms with Crippen LogP contribution >= 0.6 is 11.6 Å². The summed E-state index contributed by atoms with van der Waals surface area (Å²) in [6.45, 7) is 1.06. The van der Waals surface area contributed by atoms with Crippen LogP contribution in [0.1, 0.15) is 0 Å². The first-order valence-corrected chi connectivity index (χ1v) is 4.59. The van der Waals surface area contributed by atoms with Crippen molar-refractivity contribution in [1.29, 1.82) is 0 Å². The van der Waals surface area contributed by atoms with Gasteiger partial charge in [0.1, 0.15) is 0 Å². The van der Waals surface area contributed by atoms with E-state index in [1.165, 1.54) is 0 Å². The smallest absolute Gasteiger partial charge is 0.312 e. The topological polar surface area (TPSA) is 67.2 Å². The molecular formula is C9H12ClN3O. The number of benzene rings is 1. The monoisotopic (exact) mass is 213 g/mol. The van der Waals surface area contributed by atoms with Crippen molar-refractivity contribution in [1.82, 2.24) is 5.32 Å². The lowest BCUT2D eigenvalue weighted by molar-refractivity contribution is 0.249. The van der Waals surface area contributed by atoms with E-state index in [0.29, 0.717) is 18.1 Å². The number of urea groups is 1. The fraction of sp³-hybridized carbons (Fsp3) is 0.222. The lowest BCUT2D eigenvalue weighted by atomic mass is 10.3. The van der Waals surface area contributed by atoms with E-state index in [2.05, 4.69) is 10.6 Å². The highest BCUT2D eigenvalue weighted by Gasteiger charge is 1.96. The molecule has 0 atom stereocenters. The van der Waals surface area contributed by atoms with Crippen molar-refractivity contribution in [2.45, 2.75) is 0 Å². The Bertz CT molecular complexity index is 317. The van der Waals surface area contributed by atoms with E-state index in [4.69, 9.17) is 17.3 Å². The molecule has 0 heterocycles. The molecule has 2 amide bonds. The molecule has 14 heavy (non-hydrogen) atoms. The van der Waals surface area contributed by atoms with Gasteiger partial charge in [-0.15, -0.1) is 0 Å². The summed E-state index contributed by atoms with van der Waals surface area (Å²) >= 11 is 5.89. The van der Waals surface area contributed by atoms with Crippen LogP contribution in [0.3, 0.4) is 0 Å². The molecule has 0 aliphatic rings. The first-order chi connectivity index (χ1) is 6.70. The maximum atomic E-state index is 10.3. The number of carbonyl (C=O) groups is 1. The van der Waals surface area contributed by atoms with E-state index in [1.807, 2.05) is 18.2 Å². The highest BCUT2D eigenvalue weighted by Crippen LogP contribution is 2.19. The van der Waals surface area contributed by atoms with Crippen LogP contribution in [0.15, 0.2) is 24.3 Å². The predicted octanol–water partition coefficient (Wildman–Crippen LogP) is 1.42. The molecular weight excluding hydrogens is 202 g/mol. The first kappa shape index (κ1) is 10.7. The molecule has 1 aromatic rings. The molecule has 0 aliphatic carbocycles. The Morgan fingerprint density at radius 2 is 2.07 bits per heavy atom. The maximum absolute atomic E-state index is 10.3. The van der Waals surface area contributed by atoms with E-state index in [0.717, 1.165) is 5.69 Å². The van der Waals surface area contributed by atoms with Crippen LogP contribution in [-0.2, 0) is 0 Å². The van der Waals surface area contributed by atoms with Crippen molar-refractivity contribution in [3.05, 3.63) is 29.3 Å². The number of hydrogen-bond acceptors (Lipinski definition) is 2. The van der Waals surface area contributed by atoms with E-state index in [-0.39, 0.29) is 0 Å². The van der Waals surface area contributed by atoms with Crippen molar-refractivity contribution < 1.29 is 4.79 Å². The number of para-hydroxylation sites is 1. The summed E-state index contributed by atoms with van der Waals surface area (Å²) in [5, 5.41) is 6.19. The molecule has 4 N–H and O–H groups in total. The number of nitrogens with two attached hydrogens (primary N) is 1. The summed E-state index contributed by atoms with van der Waals surface area (Å²) in [6.07, 6.45) is 0. The molecule has 0 bridgehead atoms. The lowest BCUT2D eigenvalue weighted by Gasteiger charge is -2.07. The molecule has 4 nitrogen and oxygen atoms in total. The Balaban J connectivity index is 2.31. The molecule has 1 aromatic carbocycles. The molecule has 0 radical (unpaired) electrons. The third-order valence-electron chi connectivity index (χ3n) is 1.61. The highest BCUT2D eigenvalue weighted by atomic mass is 35.5. The zero-order valence-corrected chi connectivity index (χ0v) is 8.34. The van der Waals surface area contributed by atoms with E-state index in [9.17, 15) is 4.79 Å². The zero-order chi connectivity index (χ0) is 10.4. The normalized spacial score (nSPS) is 9.50. The van der Waals surface area contributed by atoms with Gasteiger partial charge in [-0.25, -0.2) is 4.79 Å². The Morgan fingerprint density at radius 3 is 2.71 bits per heavy atom. The number of rotatable bonds is 4. The van der Waals surface area contributed by atoms with Crippen LogP contribution < -0.4 is 16.4 Å². The largest absolute Gasteiger partial charge is 0.382 e. The first-order valence-electron chi connectivity index (χ1n) is 4.22. The van der Waals surface area contributed by atoms with Crippen LogP contribution in [0, 0.1) is 0 Å². The Hall–Kier alpha value is -1.42. The quantitative estimate of drug-likeness (QED) is 0.663. The lowest BCUT2D eigenvalue weighted by Crippen LogP contribution is -2.33. The number of anilines is 1. The molecule has 0 spiro atoms. The van der Waals surface area contributed by atoms with Crippen molar-refractivity contribution in [2.24, 2.45) is 5.73 Å². The van der Waals surface area contributed by atoms with E-state index < -0.39 is 6.03 Å². The van der Waals surface area contributed by atoms with Crippen LogP contribution in [0.5, 0.6) is 0 Å². The summed E-state index contributed by atoms with van der Waals surface area (Å²) < 4.78 is 0. The van der Waals surface area contributed by atoms with Gasteiger partial charge >= 0.3 is 6.03 Å². The third-order valence-corrected chi connectivity index (χ3v) is 1.94. The third kappa shape index (κ3) is 3.53. The predicted molar refractivity (Wildman–Crippen MR) is 57.5 cm³/mol. The zero-order valence-electron chi connectivity index (χ0n) is 7.59. The van der Waals surface area contributed by atoms with Gasteiger partial charge in [0.05, 0.1) is 10.7 Å². The van der Waals surface area contributed by atoms with Crippen LogP contribution in [0.2, 0.25) is 5.02 Å². The highest BCUT2D eigenvalue weighted by molar-refractivity contribution is 6.33. The van der Waals surface area contributed by atoms with Crippen LogP contribution in [0.25, 0.3) is 0 Å². The average molecular weight is 214 g/mol. The van der Waals surface area contributed by atoms with Gasteiger partial charge in [0, 0.05) is 13.1 Å². The molecule has 76 valence electrons. The molecule has 0 aliphatic heterocycles. The minimum absolute atomic E-state index is 0.473. The molecule has 0 saturated carbocycles. The number of amides is 2. The Kier molecular flexibility index (Phi) is 4.07. The van der Waals surface area contributed by atoms with Crippen LogP contribution in [-0.4, -0.2) is 19.1 Å². The van der Waals surface area contributed by atoms with Gasteiger partial charge in [-0.2, -0.15) is 0 Å². The second-order valence-electron chi connectivity index (χ2n) is 2.70. The van der Waals surface area contributed by atoms with Crippen LogP contribution in [0.4, 0.5) is 10.5 Å². The Morgan fingerprint density at radius 1 is 1.36 bits per heavy atom. The van der Waals surface area contributed by atoms with Crippen molar-refractivity contribution >= 4 is 23.3 Å². The average Bonchev–Trinajstić information content (AvgIpc) is 2.15. The van der Waals surface area contributed by atoms with Gasteiger partial charge in [-0.05, 0) is 12.1 Å². The SMILES string of the molecule is NC(=O)NCCNc1ccccc1Cl. The van der Waals surface area contributed by atoms with E-state index in [1.54, 1.807) is 6.07 Å². The molecule has 0 saturated heterocycles. The minimum atomic E-state index is -0.522. The standard InChI is InChI=1S/C9H12ClN3O/c10-7-3-1-2-4-8(7)12-5-6-13-9(11)14/h1-4,12H,5-6H2,(H3,11,13,14). The number of halogens is 1. The van der Waals surface area contributed by atoms with Crippen molar-refractivity contribution in [3.63, 3.8) is 0 Å². The Labute approximate surface area is 87.4 Å². The van der Waals surface area contributed by atoms with Gasteiger partial charge < -0.3 is 16.4 Å². The second-order valence-corrected chi connectivity index (χ2v) is 3.10. The van der Waals surface area contributed by atoms with Crippen molar-refractivity contribution in [3.8, 4) is 0 Å². The van der Waals surface area contributed by atoms with Gasteiger partial charge in [-0.3, -0.25) is 0 Å². The summed E-state index contributed by atoms with van der Waals surface area (Å²) in [4.78, 5) is 10.3. The minimum Gasteiger partial charge on any atom is -0.382 e. The molecule has 0 fully saturated rings. The molecule has 0 unspecified atom stereocenters. The fourth-order valence-electron chi connectivity index (χ4n) is 0.987. The summed E-state index contributed by atoms with van der Waals surface area (Å²) in [7, 11) is 0. The number of primary amides is 1. The fourth-order valence-corrected chi connectivity index (χ4v) is 1.19. The number of carbonyl (C=O) groups excluding carboxylic acids is 1. The molecule has 0 aromatic heterocycles. The number of hydrogen-bond donors (Lipinski definition) is 3. The second kappa shape index (κ2) is 5.34. The summed E-state index contributed by atoms with van der Waals surface area (Å²) in [6, 6.07) is 6.88. The van der Waals surface area contributed by atoms with Crippen molar-refractivity contribution in [2.75, 3.05) is 18.4 Å². The summed E-state index contributed by atoms with van der Waals surface area (Å²) in [5.41, 5.74) is 5.75. The molecule has 1 rings (SSSR count). The number of nitrogens with one attached hydrogen (secondary N) is 2. The van der Waals surface area contributed by atoms with E-state index >= 15 is 0 Å². The van der Waals surface area contributed by atoms with Gasteiger partial charge in [0.25, 0.3) is 0 Å². The maximum Gasteiger partial charge on any atom is 0.312 e. The summed E-state index contributed by atoms with van der Waals surface area (Å²) in [5.74, 6) is 0. The van der Waals surface area contributed by atoms with Gasteiger partial charge in [0.2, 0.25) is 0 Å². The molecule has 5 heteroatoms.